The Morgan fingerprint density at radius 1 is 1.38 bits per heavy atom. The van der Waals surface area contributed by atoms with Gasteiger partial charge in [0.1, 0.15) is 0 Å². The molecule has 1 aliphatic rings. The number of aliphatic carboxylic acids is 1. The molecule has 16 heavy (non-hydrogen) atoms. The number of carboxylic acids is 1. The van der Waals surface area contributed by atoms with E-state index in [1.54, 1.807) is 6.92 Å². The summed E-state index contributed by atoms with van der Waals surface area (Å²) >= 11 is 0. The van der Waals surface area contributed by atoms with E-state index in [4.69, 9.17) is 5.11 Å². The number of hydrogen-bond donors (Lipinski definition) is 2. The van der Waals surface area contributed by atoms with Crippen LogP contribution in [0.4, 0.5) is 0 Å². The predicted molar refractivity (Wildman–Crippen MR) is 65.5 cm³/mol. The lowest BCUT2D eigenvalue weighted by atomic mass is 9.83. The van der Waals surface area contributed by atoms with Crippen molar-refractivity contribution < 1.29 is 9.90 Å². The molecule has 1 saturated carbocycles. The lowest BCUT2D eigenvalue weighted by Crippen LogP contribution is -2.37. The minimum Gasteiger partial charge on any atom is -0.481 e. The molecule has 0 bridgehead atoms. The minimum absolute atomic E-state index is 0.270. The molecule has 94 valence electrons. The quantitative estimate of drug-likeness (QED) is 0.733. The molecule has 0 aromatic rings. The second-order valence-electron chi connectivity index (χ2n) is 5.15. The molecular weight excluding hydrogens is 202 g/mol. The Bertz CT molecular complexity index is 210. The number of rotatable bonds is 6. The Morgan fingerprint density at radius 3 is 2.50 bits per heavy atom. The maximum atomic E-state index is 10.7. The van der Waals surface area contributed by atoms with E-state index < -0.39 is 5.97 Å². The van der Waals surface area contributed by atoms with E-state index in [1.807, 2.05) is 0 Å². The Morgan fingerprint density at radius 2 is 2.00 bits per heavy atom. The van der Waals surface area contributed by atoms with E-state index in [9.17, 15) is 4.79 Å². The van der Waals surface area contributed by atoms with E-state index in [-0.39, 0.29) is 5.92 Å². The van der Waals surface area contributed by atoms with Crippen LogP contribution in [-0.2, 0) is 4.79 Å². The van der Waals surface area contributed by atoms with Crippen molar-refractivity contribution in [3.63, 3.8) is 0 Å². The Hall–Kier alpha value is -0.570. The molecule has 1 fully saturated rings. The Balaban J connectivity index is 2.14. The van der Waals surface area contributed by atoms with Crippen LogP contribution in [0, 0.1) is 11.8 Å². The topological polar surface area (TPSA) is 49.3 Å². The molecular formula is C13H25NO2. The van der Waals surface area contributed by atoms with Crippen molar-refractivity contribution in [2.45, 2.75) is 58.4 Å². The standard InChI is InChI=1S/C13H25NO2/c1-3-4-11-5-7-12(8-6-11)14-9-10(2)13(15)16/h10-12,14H,3-9H2,1-2H3,(H,15,16). The van der Waals surface area contributed by atoms with Gasteiger partial charge in [0.15, 0.2) is 0 Å². The highest BCUT2D eigenvalue weighted by atomic mass is 16.4. The fourth-order valence-electron chi connectivity index (χ4n) is 2.49. The second-order valence-corrected chi connectivity index (χ2v) is 5.15. The van der Waals surface area contributed by atoms with Gasteiger partial charge in [0.2, 0.25) is 0 Å². The van der Waals surface area contributed by atoms with Gasteiger partial charge in [-0.3, -0.25) is 4.79 Å². The molecule has 0 saturated heterocycles. The van der Waals surface area contributed by atoms with Crippen LogP contribution < -0.4 is 5.32 Å². The average molecular weight is 227 g/mol. The van der Waals surface area contributed by atoms with Crippen molar-refractivity contribution in [1.29, 1.82) is 0 Å². The molecule has 0 spiro atoms. The van der Waals surface area contributed by atoms with Gasteiger partial charge in [0, 0.05) is 12.6 Å². The fraction of sp³-hybridized carbons (Fsp3) is 0.923. The zero-order valence-corrected chi connectivity index (χ0v) is 10.5. The summed E-state index contributed by atoms with van der Waals surface area (Å²) in [4.78, 5) is 10.7. The van der Waals surface area contributed by atoms with Gasteiger partial charge < -0.3 is 10.4 Å². The SMILES string of the molecule is CCCC1CCC(NCC(C)C(=O)O)CC1. The first-order valence-corrected chi connectivity index (χ1v) is 6.59. The normalized spacial score (nSPS) is 27.6. The number of carbonyl (C=O) groups is 1. The Kier molecular flexibility index (Phi) is 5.81. The summed E-state index contributed by atoms with van der Waals surface area (Å²) < 4.78 is 0. The van der Waals surface area contributed by atoms with Crippen LogP contribution in [0.25, 0.3) is 0 Å². The zero-order chi connectivity index (χ0) is 12.0. The van der Waals surface area contributed by atoms with Crippen LogP contribution in [0.3, 0.4) is 0 Å². The van der Waals surface area contributed by atoms with Gasteiger partial charge in [-0.1, -0.05) is 26.7 Å². The lowest BCUT2D eigenvalue weighted by Gasteiger charge is -2.29. The predicted octanol–water partition coefficient (Wildman–Crippen LogP) is 2.66. The van der Waals surface area contributed by atoms with Crippen molar-refractivity contribution in [3.8, 4) is 0 Å². The number of hydrogen-bond acceptors (Lipinski definition) is 2. The summed E-state index contributed by atoms with van der Waals surface area (Å²) in [5.41, 5.74) is 0. The molecule has 0 radical (unpaired) electrons. The molecule has 3 nitrogen and oxygen atoms in total. The van der Waals surface area contributed by atoms with Gasteiger partial charge >= 0.3 is 5.97 Å². The molecule has 0 aromatic carbocycles. The van der Waals surface area contributed by atoms with Gasteiger partial charge in [-0.15, -0.1) is 0 Å². The Labute approximate surface area is 98.6 Å². The molecule has 0 aliphatic heterocycles. The first kappa shape index (κ1) is 13.5. The van der Waals surface area contributed by atoms with Crippen LogP contribution in [0.5, 0.6) is 0 Å². The van der Waals surface area contributed by atoms with Crippen molar-refractivity contribution in [2.75, 3.05) is 6.54 Å². The van der Waals surface area contributed by atoms with Crippen molar-refractivity contribution >= 4 is 5.97 Å². The highest BCUT2D eigenvalue weighted by Gasteiger charge is 2.21. The highest BCUT2D eigenvalue weighted by molar-refractivity contribution is 5.69. The van der Waals surface area contributed by atoms with Gasteiger partial charge in [0.05, 0.1) is 5.92 Å². The van der Waals surface area contributed by atoms with Crippen LogP contribution in [0.1, 0.15) is 52.4 Å². The third kappa shape index (κ3) is 4.52. The monoisotopic (exact) mass is 227 g/mol. The summed E-state index contributed by atoms with van der Waals surface area (Å²) in [6.07, 6.45) is 7.71. The van der Waals surface area contributed by atoms with Crippen LogP contribution in [0.15, 0.2) is 0 Å². The summed E-state index contributed by atoms with van der Waals surface area (Å²) in [5.74, 6) is -0.0551. The molecule has 1 atom stereocenters. The third-order valence-corrected chi connectivity index (χ3v) is 3.68. The van der Waals surface area contributed by atoms with Gasteiger partial charge in [0.25, 0.3) is 0 Å². The summed E-state index contributed by atoms with van der Waals surface area (Å²) in [6, 6.07) is 0.551. The smallest absolute Gasteiger partial charge is 0.307 e. The summed E-state index contributed by atoms with van der Waals surface area (Å²) in [7, 11) is 0. The van der Waals surface area contributed by atoms with Crippen molar-refractivity contribution in [2.24, 2.45) is 11.8 Å². The van der Waals surface area contributed by atoms with Crippen LogP contribution >= 0.6 is 0 Å². The van der Waals surface area contributed by atoms with Crippen molar-refractivity contribution in [1.82, 2.24) is 5.32 Å². The van der Waals surface area contributed by atoms with Crippen LogP contribution in [0.2, 0.25) is 0 Å². The highest BCUT2D eigenvalue weighted by Crippen LogP contribution is 2.27. The molecule has 1 rings (SSSR count). The summed E-state index contributed by atoms with van der Waals surface area (Å²) in [6.45, 7) is 4.62. The van der Waals surface area contributed by atoms with E-state index >= 15 is 0 Å². The fourth-order valence-corrected chi connectivity index (χ4v) is 2.49. The molecule has 0 amide bonds. The van der Waals surface area contributed by atoms with E-state index in [0.29, 0.717) is 12.6 Å². The molecule has 3 heteroatoms. The third-order valence-electron chi connectivity index (χ3n) is 3.68. The first-order valence-electron chi connectivity index (χ1n) is 6.59. The molecule has 1 unspecified atom stereocenters. The average Bonchev–Trinajstić information content (AvgIpc) is 2.28. The van der Waals surface area contributed by atoms with Crippen LogP contribution in [-0.4, -0.2) is 23.7 Å². The zero-order valence-electron chi connectivity index (χ0n) is 10.5. The second kappa shape index (κ2) is 6.89. The minimum atomic E-state index is -0.702. The molecule has 2 N–H and O–H groups in total. The van der Waals surface area contributed by atoms with Gasteiger partial charge in [-0.25, -0.2) is 0 Å². The lowest BCUT2D eigenvalue weighted by molar-refractivity contribution is -0.141. The first-order chi connectivity index (χ1) is 7.63. The van der Waals surface area contributed by atoms with E-state index in [1.165, 1.54) is 38.5 Å². The maximum absolute atomic E-state index is 10.7. The summed E-state index contributed by atoms with van der Waals surface area (Å²) in [5, 5.41) is 12.2. The number of nitrogens with one attached hydrogen (secondary N) is 1. The van der Waals surface area contributed by atoms with E-state index in [2.05, 4.69) is 12.2 Å². The largest absolute Gasteiger partial charge is 0.481 e. The number of carboxylic acid groups (broad SMARTS) is 1. The van der Waals surface area contributed by atoms with E-state index in [0.717, 1.165) is 5.92 Å². The van der Waals surface area contributed by atoms with Crippen molar-refractivity contribution in [3.05, 3.63) is 0 Å². The molecule has 1 aliphatic carbocycles. The van der Waals surface area contributed by atoms with Gasteiger partial charge in [-0.05, 0) is 31.6 Å². The maximum Gasteiger partial charge on any atom is 0.307 e. The van der Waals surface area contributed by atoms with Gasteiger partial charge in [-0.2, -0.15) is 0 Å². The molecule has 0 heterocycles. The molecule has 0 aromatic heterocycles.